The SMILES string of the molecule is Cc1nn(Cc2ccc(F)cc2)c(Cl)c1/C=N\Nc1ncc(Cl)cc1Cl. The molecular weight excluding hydrogens is 400 g/mol. The summed E-state index contributed by atoms with van der Waals surface area (Å²) < 4.78 is 14.6. The number of halogens is 4. The van der Waals surface area contributed by atoms with Crippen molar-refractivity contribution in [2.75, 3.05) is 5.43 Å². The lowest BCUT2D eigenvalue weighted by Crippen LogP contribution is -2.02. The number of aromatic nitrogens is 3. The first kappa shape index (κ1) is 18.6. The Hall–Kier alpha value is -2.15. The van der Waals surface area contributed by atoms with Crippen LogP contribution in [0.25, 0.3) is 0 Å². The molecule has 0 aliphatic heterocycles. The molecule has 0 unspecified atom stereocenters. The fourth-order valence-electron chi connectivity index (χ4n) is 2.24. The molecule has 1 aromatic carbocycles. The van der Waals surface area contributed by atoms with Crippen molar-refractivity contribution in [2.24, 2.45) is 5.10 Å². The second kappa shape index (κ2) is 8.03. The Morgan fingerprint density at radius 2 is 1.96 bits per heavy atom. The van der Waals surface area contributed by atoms with Gasteiger partial charge in [-0.2, -0.15) is 10.2 Å². The molecule has 0 aliphatic carbocycles. The molecule has 0 saturated heterocycles. The summed E-state index contributed by atoms with van der Waals surface area (Å²) in [7, 11) is 0. The molecule has 134 valence electrons. The first-order valence-corrected chi connectivity index (χ1v) is 8.65. The number of hydrazone groups is 1. The van der Waals surface area contributed by atoms with Crippen LogP contribution in [0.1, 0.15) is 16.8 Å². The van der Waals surface area contributed by atoms with E-state index in [-0.39, 0.29) is 5.82 Å². The maximum Gasteiger partial charge on any atom is 0.165 e. The van der Waals surface area contributed by atoms with Crippen LogP contribution < -0.4 is 5.43 Å². The Balaban J connectivity index is 1.76. The lowest BCUT2D eigenvalue weighted by Gasteiger charge is -2.04. The molecule has 1 N–H and O–H groups in total. The van der Waals surface area contributed by atoms with E-state index in [2.05, 4.69) is 20.6 Å². The highest BCUT2D eigenvalue weighted by atomic mass is 35.5. The molecule has 0 atom stereocenters. The van der Waals surface area contributed by atoms with E-state index >= 15 is 0 Å². The average Bonchev–Trinajstić information content (AvgIpc) is 2.86. The third-order valence-corrected chi connectivity index (χ3v) is 4.42. The summed E-state index contributed by atoms with van der Waals surface area (Å²) in [6, 6.07) is 7.73. The van der Waals surface area contributed by atoms with E-state index in [4.69, 9.17) is 34.8 Å². The van der Waals surface area contributed by atoms with Gasteiger partial charge in [0.2, 0.25) is 0 Å². The number of rotatable bonds is 5. The van der Waals surface area contributed by atoms with Crippen LogP contribution in [-0.4, -0.2) is 21.0 Å². The van der Waals surface area contributed by atoms with Gasteiger partial charge in [0.05, 0.1) is 34.1 Å². The van der Waals surface area contributed by atoms with E-state index in [1.165, 1.54) is 18.3 Å². The van der Waals surface area contributed by atoms with Crippen LogP contribution in [0.15, 0.2) is 41.6 Å². The van der Waals surface area contributed by atoms with E-state index in [1.54, 1.807) is 29.1 Å². The van der Waals surface area contributed by atoms with Crippen molar-refractivity contribution in [3.63, 3.8) is 0 Å². The van der Waals surface area contributed by atoms with Crippen LogP contribution >= 0.6 is 34.8 Å². The third kappa shape index (κ3) is 4.33. The van der Waals surface area contributed by atoms with Crippen molar-refractivity contribution < 1.29 is 4.39 Å². The van der Waals surface area contributed by atoms with E-state index < -0.39 is 0 Å². The molecule has 0 bridgehead atoms. The minimum Gasteiger partial charge on any atom is -0.260 e. The topological polar surface area (TPSA) is 55.1 Å². The monoisotopic (exact) mass is 411 g/mol. The molecule has 2 heterocycles. The van der Waals surface area contributed by atoms with Crippen LogP contribution in [-0.2, 0) is 6.54 Å². The van der Waals surface area contributed by atoms with Crippen molar-refractivity contribution in [3.8, 4) is 0 Å². The minimum atomic E-state index is -0.287. The Morgan fingerprint density at radius 3 is 2.65 bits per heavy atom. The standard InChI is InChI=1S/C17H13Cl3FN5/c1-10-14(8-23-24-17-15(19)6-12(18)7-22-17)16(20)26(25-10)9-11-2-4-13(21)5-3-11/h2-8H,9H2,1H3,(H,22,24)/b23-8-. The normalized spacial score (nSPS) is 11.3. The first-order chi connectivity index (χ1) is 12.4. The van der Waals surface area contributed by atoms with Crippen LogP contribution in [0.4, 0.5) is 10.2 Å². The Bertz CT molecular complexity index is 954. The Labute approximate surface area is 164 Å². The summed E-state index contributed by atoms with van der Waals surface area (Å²) in [5.41, 5.74) is 4.99. The molecule has 0 saturated carbocycles. The number of pyridine rings is 1. The summed E-state index contributed by atoms with van der Waals surface area (Å²) in [5.74, 6) is 0.0876. The van der Waals surface area contributed by atoms with Crippen LogP contribution in [0.3, 0.4) is 0 Å². The van der Waals surface area contributed by atoms with Gasteiger partial charge in [-0.05, 0) is 30.7 Å². The maximum absolute atomic E-state index is 13.0. The van der Waals surface area contributed by atoms with Gasteiger partial charge < -0.3 is 0 Å². The van der Waals surface area contributed by atoms with Crippen molar-refractivity contribution >= 4 is 46.8 Å². The van der Waals surface area contributed by atoms with Crippen molar-refractivity contribution in [2.45, 2.75) is 13.5 Å². The number of anilines is 1. The first-order valence-electron chi connectivity index (χ1n) is 7.51. The summed E-state index contributed by atoms with van der Waals surface area (Å²) in [5, 5.41) is 9.71. The Kier molecular flexibility index (Phi) is 5.76. The van der Waals surface area contributed by atoms with Crippen molar-refractivity contribution in [1.82, 2.24) is 14.8 Å². The van der Waals surface area contributed by atoms with Crippen molar-refractivity contribution in [3.05, 3.63) is 74.4 Å². The smallest absolute Gasteiger partial charge is 0.165 e. The third-order valence-electron chi connectivity index (χ3n) is 3.53. The zero-order chi connectivity index (χ0) is 18.7. The molecule has 0 aliphatic rings. The second-order valence-electron chi connectivity index (χ2n) is 5.43. The summed E-state index contributed by atoms with van der Waals surface area (Å²) >= 11 is 18.2. The average molecular weight is 413 g/mol. The van der Waals surface area contributed by atoms with Crippen LogP contribution in [0.2, 0.25) is 15.2 Å². The molecule has 9 heteroatoms. The fourth-order valence-corrected chi connectivity index (χ4v) is 2.94. The number of nitrogens with one attached hydrogen (secondary N) is 1. The van der Waals surface area contributed by atoms with E-state index in [0.29, 0.717) is 38.8 Å². The minimum absolute atomic E-state index is 0.287. The molecule has 0 spiro atoms. The predicted octanol–water partition coefficient (Wildman–Crippen LogP) is 5.18. The summed E-state index contributed by atoms with van der Waals surface area (Å²) in [6.45, 7) is 2.24. The molecular formula is C17H13Cl3FN5. The molecule has 0 amide bonds. The molecule has 5 nitrogen and oxygen atoms in total. The van der Waals surface area contributed by atoms with Gasteiger partial charge in [0.15, 0.2) is 5.82 Å². The number of benzene rings is 1. The highest BCUT2D eigenvalue weighted by Gasteiger charge is 2.12. The molecule has 0 fully saturated rings. The lowest BCUT2D eigenvalue weighted by atomic mass is 10.2. The highest BCUT2D eigenvalue weighted by molar-refractivity contribution is 6.36. The van der Waals surface area contributed by atoms with Gasteiger partial charge in [0.1, 0.15) is 11.0 Å². The van der Waals surface area contributed by atoms with E-state index in [9.17, 15) is 4.39 Å². The van der Waals surface area contributed by atoms with Crippen LogP contribution in [0.5, 0.6) is 0 Å². The summed E-state index contributed by atoms with van der Waals surface area (Å²) in [4.78, 5) is 4.05. The fraction of sp³-hybridized carbons (Fsp3) is 0.118. The summed E-state index contributed by atoms with van der Waals surface area (Å²) in [6.07, 6.45) is 3.00. The number of nitrogens with zero attached hydrogens (tertiary/aromatic N) is 4. The number of hydrogen-bond acceptors (Lipinski definition) is 4. The van der Waals surface area contributed by atoms with Gasteiger partial charge in [-0.1, -0.05) is 46.9 Å². The number of hydrogen-bond donors (Lipinski definition) is 1. The van der Waals surface area contributed by atoms with Crippen LogP contribution in [0, 0.1) is 12.7 Å². The molecule has 26 heavy (non-hydrogen) atoms. The van der Waals surface area contributed by atoms with Gasteiger partial charge in [-0.25, -0.2) is 14.1 Å². The van der Waals surface area contributed by atoms with Gasteiger partial charge in [0, 0.05) is 6.20 Å². The zero-order valence-corrected chi connectivity index (χ0v) is 15.8. The predicted molar refractivity (Wildman–Crippen MR) is 103 cm³/mol. The molecule has 2 aromatic heterocycles. The molecule has 3 rings (SSSR count). The van der Waals surface area contributed by atoms with E-state index in [0.717, 1.165) is 5.56 Å². The maximum atomic E-state index is 13.0. The van der Waals surface area contributed by atoms with Gasteiger partial charge in [0.25, 0.3) is 0 Å². The van der Waals surface area contributed by atoms with Gasteiger partial charge in [-0.15, -0.1) is 0 Å². The largest absolute Gasteiger partial charge is 0.260 e. The van der Waals surface area contributed by atoms with Crippen molar-refractivity contribution in [1.29, 1.82) is 0 Å². The molecule has 0 radical (unpaired) electrons. The quantitative estimate of drug-likeness (QED) is 0.464. The highest BCUT2D eigenvalue weighted by Crippen LogP contribution is 2.23. The Morgan fingerprint density at radius 1 is 1.23 bits per heavy atom. The zero-order valence-electron chi connectivity index (χ0n) is 13.5. The molecule has 3 aromatic rings. The lowest BCUT2D eigenvalue weighted by molar-refractivity contribution is 0.624. The second-order valence-corrected chi connectivity index (χ2v) is 6.63. The number of aryl methyl sites for hydroxylation is 1. The van der Waals surface area contributed by atoms with E-state index in [1.807, 2.05) is 6.92 Å². The van der Waals surface area contributed by atoms with Gasteiger partial charge in [-0.3, -0.25) is 5.43 Å². The van der Waals surface area contributed by atoms with Gasteiger partial charge >= 0.3 is 0 Å².